The molecule has 0 aliphatic carbocycles. The summed E-state index contributed by atoms with van der Waals surface area (Å²) in [6, 6.07) is 8.89. The number of halogens is 1. The summed E-state index contributed by atoms with van der Waals surface area (Å²) in [5.74, 6) is 0.717. The van der Waals surface area contributed by atoms with Crippen LogP contribution in [0.1, 0.15) is 35.7 Å². The first-order valence-corrected chi connectivity index (χ1v) is 8.67. The van der Waals surface area contributed by atoms with Gasteiger partial charge in [0.2, 0.25) is 0 Å². The maximum atomic E-state index is 12.4. The van der Waals surface area contributed by atoms with E-state index in [1.807, 2.05) is 32.0 Å². The monoisotopic (exact) mass is 408 g/mol. The average molecular weight is 409 g/mol. The van der Waals surface area contributed by atoms with Crippen molar-refractivity contribution >= 4 is 27.7 Å². The van der Waals surface area contributed by atoms with Crippen LogP contribution in [0.3, 0.4) is 0 Å². The van der Waals surface area contributed by atoms with Crippen molar-refractivity contribution in [3.63, 3.8) is 0 Å². The molecule has 0 radical (unpaired) electrons. The number of nitrogens with one attached hydrogen (secondary N) is 2. The van der Waals surface area contributed by atoms with Crippen molar-refractivity contribution < 1.29 is 18.7 Å². The van der Waals surface area contributed by atoms with Gasteiger partial charge in [-0.3, -0.25) is 20.4 Å². The second kappa shape index (κ2) is 8.20. The Morgan fingerprint density at radius 2 is 1.84 bits per heavy atom. The van der Waals surface area contributed by atoms with Crippen LogP contribution in [0.5, 0.6) is 5.75 Å². The van der Waals surface area contributed by atoms with E-state index in [2.05, 4.69) is 26.8 Å². The molecule has 0 fully saturated rings. The van der Waals surface area contributed by atoms with Crippen LogP contribution < -0.4 is 15.6 Å². The molecule has 1 aromatic heterocycles. The molecule has 0 saturated carbocycles. The molecule has 1 atom stereocenters. The summed E-state index contributed by atoms with van der Waals surface area (Å²) in [5.41, 5.74) is 5.20. The smallest absolute Gasteiger partial charge is 0.279 e. The molecule has 2 amide bonds. The van der Waals surface area contributed by atoms with Gasteiger partial charge in [0, 0.05) is 0 Å². The lowest BCUT2D eigenvalue weighted by Crippen LogP contribution is -2.49. The van der Waals surface area contributed by atoms with Crippen LogP contribution in [-0.2, 0) is 4.79 Å². The van der Waals surface area contributed by atoms with Crippen molar-refractivity contribution in [1.29, 1.82) is 0 Å². The molecule has 0 bridgehead atoms. The van der Waals surface area contributed by atoms with Gasteiger partial charge in [0.1, 0.15) is 17.3 Å². The van der Waals surface area contributed by atoms with Crippen molar-refractivity contribution in [3.05, 3.63) is 51.9 Å². The number of carbonyl (C=O) groups is 2. The Balaban J connectivity index is 2.02. The molecule has 0 unspecified atom stereocenters. The first kappa shape index (κ1) is 19.1. The third-order valence-corrected chi connectivity index (χ3v) is 4.19. The number of rotatable bonds is 5. The third kappa shape index (κ3) is 4.85. The van der Waals surface area contributed by atoms with E-state index in [4.69, 9.17) is 9.15 Å². The van der Waals surface area contributed by atoms with Crippen molar-refractivity contribution in [3.8, 4) is 5.75 Å². The fraction of sp³-hybridized carbons (Fsp3) is 0.333. The van der Waals surface area contributed by atoms with Gasteiger partial charge in [-0.25, -0.2) is 0 Å². The van der Waals surface area contributed by atoms with Gasteiger partial charge in [-0.2, -0.15) is 0 Å². The van der Waals surface area contributed by atoms with E-state index < -0.39 is 17.9 Å². The number of hydrogen-bond acceptors (Lipinski definition) is 4. The molecule has 7 heteroatoms. The predicted molar refractivity (Wildman–Crippen MR) is 97.2 cm³/mol. The maximum Gasteiger partial charge on any atom is 0.279 e. The van der Waals surface area contributed by atoms with Crippen LogP contribution in [0, 0.1) is 19.8 Å². The highest BCUT2D eigenvalue weighted by molar-refractivity contribution is 9.10. The molecule has 2 aromatic rings. The molecule has 0 spiro atoms. The molecule has 25 heavy (non-hydrogen) atoms. The van der Waals surface area contributed by atoms with E-state index >= 15 is 0 Å². The summed E-state index contributed by atoms with van der Waals surface area (Å²) in [6.45, 7) is 7.18. The summed E-state index contributed by atoms with van der Waals surface area (Å²) in [5, 5.41) is 0. The SMILES string of the molecule is Cc1cc(C(=O)NNC(=O)[C@@H](Oc2ccccc2Br)C(C)C)c(C)o1. The standard InChI is InChI=1S/C18H21BrN2O4/c1-10(2)16(25-15-8-6-5-7-14(15)19)18(23)21-20-17(22)13-9-11(3)24-12(13)4/h5-10,16H,1-4H3,(H,20,22)(H,21,23)/t16-/m0/s1. The van der Waals surface area contributed by atoms with Gasteiger partial charge in [0.05, 0.1) is 10.0 Å². The zero-order valence-corrected chi connectivity index (χ0v) is 16.1. The molecule has 0 aliphatic heterocycles. The van der Waals surface area contributed by atoms with E-state index in [0.29, 0.717) is 22.8 Å². The van der Waals surface area contributed by atoms with E-state index in [-0.39, 0.29) is 5.92 Å². The Morgan fingerprint density at radius 1 is 1.16 bits per heavy atom. The molecule has 0 saturated heterocycles. The van der Waals surface area contributed by atoms with E-state index in [1.54, 1.807) is 26.0 Å². The van der Waals surface area contributed by atoms with Crippen LogP contribution in [-0.4, -0.2) is 17.9 Å². The normalized spacial score (nSPS) is 11.9. The Labute approximate surface area is 155 Å². The molecule has 2 N–H and O–H groups in total. The van der Waals surface area contributed by atoms with Crippen molar-refractivity contribution in [2.24, 2.45) is 5.92 Å². The summed E-state index contributed by atoms with van der Waals surface area (Å²) >= 11 is 3.39. The zero-order valence-electron chi connectivity index (χ0n) is 14.6. The van der Waals surface area contributed by atoms with Crippen LogP contribution >= 0.6 is 15.9 Å². The fourth-order valence-electron chi connectivity index (χ4n) is 2.28. The van der Waals surface area contributed by atoms with Gasteiger partial charge in [0.25, 0.3) is 11.8 Å². The Kier molecular flexibility index (Phi) is 6.25. The predicted octanol–water partition coefficient (Wildman–Crippen LogP) is 3.52. The maximum absolute atomic E-state index is 12.4. The highest BCUT2D eigenvalue weighted by Gasteiger charge is 2.26. The largest absolute Gasteiger partial charge is 0.479 e. The number of hydrazine groups is 1. The van der Waals surface area contributed by atoms with Crippen LogP contribution in [0.2, 0.25) is 0 Å². The molecule has 134 valence electrons. The third-order valence-electron chi connectivity index (χ3n) is 3.54. The molecule has 2 rings (SSSR count). The molecule has 1 aromatic carbocycles. The van der Waals surface area contributed by atoms with Crippen molar-refractivity contribution in [1.82, 2.24) is 10.9 Å². The summed E-state index contributed by atoms with van der Waals surface area (Å²) < 4.78 is 11.9. The second-order valence-corrected chi connectivity index (χ2v) is 6.84. The Bertz CT molecular complexity index is 770. The summed E-state index contributed by atoms with van der Waals surface area (Å²) in [7, 11) is 0. The Hall–Kier alpha value is -2.28. The zero-order chi connectivity index (χ0) is 18.6. The van der Waals surface area contributed by atoms with Crippen molar-refractivity contribution in [2.75, 3.05) is 0 Å². The van der Waals surface area contributed by atoms with Gasteiger partial charge in [-0.05, 0) is 53.9 Å². The van der Waals surface area contributed by atoms with E-state index in [0.717, 1.165) is 4.47 Å². The molecule has 1 heterocycles. The Morgan fingerprint density at radius 3 is 2.40 bits per heavy atom. The number of aryl methyl sites for hydroxylation is 2. The molecule has 0 aliphatic rings. The quantitative estimate of drug-likeness (QED) is 0.741. The van der Waals surface area contributed by atoms with Gasteiger partial charge >= 0.3 is 0 Å². The van der Waals surface area contributed by atoms with Gasteiger partial charge in [-0.1, -0.05) is 26.0 Å². The van der Waals surface area contributed by atoms with Crippen LogP contribution in [0.15, 0.2) is 39.2 Å². The number of ether oxygens (including phenoxy) is 1. The number of para-hydroxylation sites is 1. The lowest BCUT2D eigenvalue weighted by Gasteiger charge is -2.22. The molecular weight excluding hydrogens is 388 g/mol. The molecule has 6 nitrogen and oxygen atoms in total. The summed E-state index contributed by atoms with van der Waals surface area (Å²) in [4.78, 5) is 24.6. The minimum Gasteiger partial charge on any atom is -0.479 e. The number of amides is 2. The van der Waals surface area contributed by atoms with Gasteiger partial charge < -0.3 is 9.15 Å². The van der Waals surface area contributed by atoms with E-state index in [9.17, 15) is 9.59 Å². The van der Waals surface area contributed by atoms with Crippen molar-refractivity contribution in [2.45, 2.75) is 33.8 Å². The van der Waals surface area contributed by atoms with Gasteiger partial charge in [0.15, 0.2) is 6.10 Å². The second-order valence-electron chi connectivity index (χ2n) is 5.98. The minimum atomic E-state index is -0.758. The highest BCUT2D eigenvalue weighted by Crippen LogP contribution is 2.26. The van der Waals surface area contributed by atoms with Crippen LogP contribution in [0.25, 0.3) is 0 Å². The lowest BCUT2D eigenvalue weighted by atomic mass is 10.1. The van der Waals surface area contributed by atoms with Gasteiger partial charge in [-0.15, -0.1) is 0 Å². The summed E-state index contributed by atoms with van der Waals surface area (Å²) in [6.07, 6.45) is -0.758. The topological polar surface area (TPSA) is 80.6 Å². The molecular formula is C18H21BrN2O4. The van der Waals surface area contributed by atoms with E-state index in [1.165, 1.54) is 0 Å². The van der Waals surface area contributed by atoms with Crippen LogP contribution in [0.4, 0.5) is 0 Å². The first-order chi connectivity index (χ1) is 11.8. The number of benzene rings is 1. The highest BCUT2D eigenvalue weighted by atomic mass is 79.9. The first-order valence-electron chi connectivity index (χ1n) is 7.88. The number of hydrogen-bond donors (Lipinski definition) is 2. The average Bonchev–Trinajstić information content (AvgIpc) is 2.89. The fourth-order valence-corrected chi connectivity index (χ4v) is 2.66. The minimum absolute atomic E-state index is 0.0954. The number of carbonyl (C=O) groups excluding carboxylic acids is 2. The lowest BCUT2D eigenvalue weighted by molar-refractivity contribution is -0.130. The number of furan rings is 1.